The molecule has 3 rings (SSSR count). The number of nitrogens with one attached hydrogen (secondary N) is 1. The van der Waals surface area contributed by atoms with Gasteiger partial charge in [-0.25, -0.2) is 4.98 Å². The molecule has 0 amide bonds. The Morgan fingerprint density at radius 1 is 1.48 bits per heavy atom. The van der Waals surface area contributed by atoms with Crippen molar-refractivity contribution in [2.24, 2.45) is 0 Å². The summed E-state index contributed by atoms with van der Waals surface area (Å²) in [6.07, 6.45) is 7.66. The van der Waals surface area contributed by atoms with Crippen LogP contribution in [-0.4, -0.2) is 46.1 Å². The Labute approximate surface area is 142 Å². The number of thiazole rings is 1. The van der Waals surface area contributed by atoms with Gasteiger partial charge in [-0.2, -0.15) is 0 Å². The van der Waals surface area contributed by atoms with E-state index in [1.165, 1.54) is 42.8 Å². The van der Waals surface area contributed by atoms with Crippen molar-refractivity contribution >= 4 is 17.3 Å². The number of aliphatic carboxylic acids is 1. The molecule has 1 saturated carbocycles. The minimum atomic E-state index is -0.790. The molecule has 1 aliphatic carbocycles. The molecule has 6 heteroatoms. The van der Waals surface area contributed by atoms with Crippen molar-refractivity contribution in [3.8, 4) is 0 Å². The van der Waals surface area contributed by atoms with Crippen molar-refractivity contribution in [3.63, 3.8) is 0 Å². The van der Waals surface area contributed by atoms with E-state index in [4.69, 9.17) is 10.1 Å². The molecule has 0 spiro atoms. The van der Waals surface area contributed by atoms with Crippen molar-refractivity contribution in [1.29, 1.82) is 0 Å². The molecule has 128 valence electrons. The summed E-state index contributed by atoms with van der Waals surface area (Å²) >= 11 is 1.82. The molecule has 2 fully saturated rings. The predicted molar refractivity (Wildman–Crippen MR) is 91.9 cm³/mol. The van der Waals surface area contributed by atoms with Gasteiger partial charge in [0, 0.05) is 36.5 Å². The average molecular weight is 337 g/mol. The number of carboxylic acid groups (broad SMARTS) is 1. The van der Waals surface area contributed by atoms with Crippen LogP contribution in [0, 0.1) is 0 Å². The molecule has 23 heavy (non-hydrogen) atoms. The van der Waals surface area contributed by atoms with E-state index in [2.05, 4.69) is 22.5 Å². The van der Waals surface area contributed by atoms with Gasteiger partial charge in [0.05, 0.1) is 17.2 Å². The maximum Gasteiger partial charge on any atom is 0.317 e. The summed E-state index contributed by atoms with van der Waals surface area (Å²) in [5, 5.41) is 15.5. The van der Waals surface area contributed by atoms with E-state index in [1.807, 2.05) is 11.3 Å². The topological polar surface area (TPSA) is 65.5 Å². The van der Waals surface area contributed by atoms with Crippen LogP contribution in [-0.2, 0) is 11.3 Å². The number of rotatable bonds is 6. The number of likely N-dealkylation sites (tertiary alicyclic amines) is 1. The normalized spacial score (nSPS) is 26.7. The standard InChI is InChI=1S/C17H27N3O2S/c1-17(18-9-15(21)22)7-8-20(12-17)10-14-11-23-16(19-14)13-5-3-2-4-6-13/h11,13,18H,2-10,12H2,1H3,(H,21,22). The van der Waals surface area contributed by atoms with Gasteiger partial charge in [-0.15, -0.1) is 11.3 Å². The van der Waals surface area contributed by atoms with Crippen LogP contribution in [0.5, 0.6) is 0 Å². The summed E-state index contributed by atoms with van der Waals surface area (Å²) < 4.78 is 0. The third-order valence-corrected chi connectivity index (χ3v) is 6.18. The van der Waals surface area contributed by atoms with Gasteiger partial charge in [-0.1, -0.05) is 19.3 Å². The highest BCUT2D eigenvalue weighted by molar-refractivity contribution is 7.09. The Hall–Kier alpha value is -0.980. The molecule has 0 aromatic carbocycles. The highest BCUT2D eigenvalue weighted by atomic mass is 32.1. The quantitative estimate of drug-likeness (QED) is 0.835. The van der Waals surface area contributed by atoms with E-state index in [9.17, 15) is 4.79 Å². The second-order valence-electron chi connectivity index (χ2n) is 7.28. The Balaban J connectivity index is 1.52. The van der Waals surface area contributed by atoms with Gasteiger partial charge in [0.25, 0.3) is 0 Å². The van der Waals surface area contributed by atoms with Crippen LogP contribution in [0.4, 0.5) is 0 Å². The first-order valence-corrected chi connectivity index (χ1v) is 9.55. The van der Waals surface area contributed by atoms with Crippen LogP contribution in [0.15, 0.2) is 5.38 Å². The fourth-order valence-electron chi connectivity index (χ4n) is 3.79. The lowest BCUT2D eigenvalue weighted by Gasteiger charge is -2.25. The molecule has 2 heterocycles. The fourth-order valence-corrected chi connectivity index (χ4v) is 4.77. The first-order chi connectivity index (χ1) is 11.0. The molecule has 1 aromatic heterocycles. The maximum absolute atomic E-state index is 10.7. The molecule has 1 aromatic rings. The van der Waals surface area contributed by atoms with Crippen molar-refractivity contribution < 1.29 is 9.90 Å². The largest absolute Gasteiger partial charge is 0.480 e. The summed E-state index contributed by atoms with van der Waals surface area (Å²) in [6, 6.07) is 0. The average Bonchev–Trinajstić information content (AvgIpc) is 3.14. The number of nitrogens with zero attached hydrogens (tertiary/aromatic N) is 2. The van der Waals surface area contributed by atoms with Crippen molar-refractivity contribution in [3.05, 3.63) is 16.1 Å². The van der Waals surface area contributed by atoms with Crippen LogP contribution >= 0.6 is 11.3 Å². The molecule has 1 saturated heterocycles. The van der Waals surface area contributed by atoms with Gasteiger partial charge in [-0.3, -0.25) is 9.69 Å². The maximum atomic E-state index is 10.7. The molecule has 2 aliphatic rings. The SMILES string of the molecule is CC1(NCC(=O)O)CCN(Cc2csc(C3CCCCC3)n2)C1. The van der Waals surface area contributed by atoms with Crippen molar-refractivity contribution in [2.75, 3.05) is 19.6 Å². The zero-order valence-corrected chi connectivity index (χ0v) is 14.7. The minimum Gasteiger partial charge on any atom is -0.480 e. The number of carboxylic acids is 1. The molecule has 1 unspecified atom stereocenters. The van der Waals surface area contributed by atoms with Crippen LogP contribution < -0.4 is 5.32 Å². The van der Waals surface area contributed by atoms with Crippen molar-refractivity contribution in [2.45, 2.75) is 63.5 Å². The Bertz CT molecular complexity index is 542. The Kier molecular flexibility index (Phi) is 5.34. The molecule has 2 N–H and O–H groups in total. The van der Waals surface area contributed by atoms with Gasteiger partial charge in [0.15, 0.2) is 0 Å². The number of aromatic nitrogens is 1. The van der Waals surface area contributed by atoms with E-state index in [1.54, 1.807) is 0 Å². The highest BCUT2D eigenvalue weighted by Crippen LogP contribution is 2.34. The Morgan fingerprint density at radius 2 is 2.26 bits per heavy atom. The highest BCUT2D eigenvalue weighted by Gasteiger charge is 2.34. The molecular weight excluding hydrogens is 310 g/mol. The first kappa shape index (κ1) is 16.9. The molecule has 0 radical (unpaired) electrons. The van der Waals surface area contributed by atoms with Gasteiger partial charge < -0.3 is 10.4 Å². The van der Waals surface area contributed by atoms with Crippen LogP contribution in [0.25, 0.3) is 0 Å². The third kappa shape index (κ3) is 4.52. The lowest BCUT2D eigenvalue weighted by molar-refractivity contribution is -0.136. The van der Waals surface area contributed by atoms with E-state index < -0.39 is 5.97 Å². The smallest absolute Gasteiger partial charge is 0.317 e. The molecule has 5 nitrogen and oxygen atoms in total. The van der Waals surface area contributed by atoms with E-state index in [0.717, 1.165) is 26.1 Å². The minimum absolute atomic E-state index is 0.0346. The van der Waals surface area contributed by atoms with E-state index in [0.29, 0.717) is 5.92 Å². The van der Waals surface area contributed by atoms with Crippen LogP contribution in [0.2, 0.25) is 0 Å². The number of hydrogen-bond acceptors (Lipinski definition) is 5. The monoisotopic (exact) mass is 337 g/mol. The van der Waals surface area contributed by atoms with Gasteiger partial charge in [0.2, 0.25) is 0 Å². The molecule has 1 aliphatic heterocycles. The first-order valence-electron chi connectivity index (χ1n) is 8.68. The summed E-state index contributed by atoms with van der Waals surface area (Å²) in [7, 11) is 0. The van der Waals surface area contributed by atoms with E-state index in [-0.39, 0.29) is 12.1 Å². The summed E-state index contributed by atoms with van der Waals surface area (Å²) in [4.78, 5) is 18.0. The summed E-state index contributed by atoms with van der Waals surface area (Å²) in [5.41, 5.74) is 1.08. The summed E-state index contributed by atoms with van der Waals surface area (Å²) in [6.45, 7) is 4.92. The summed E-state index contributed by atoms with van der Waals surface area (Å²) in [5.74, 6) is -0.107. The van der Waals surface area contributed by atoms with E-state index >= 15 is 0 Å². The second kappa shape index (κ2) is 7.28. The van der Waals surface area contributed by atoms with Crippen LogP contribution in [0.1, 0.15) is 62.1 Å². The van der Waals surface area contributed by atoms with Gasteiger partial charge in [0.1, 0.15) is 0 Å². The number of carbonyl (C=O) groups is 1. The molecule has 1 atom stereocenters. The molecular formula is C17H27N3O2S. The Morgan fingerprint density at radius 3 is 3.00 bits per heavy atom. The predicted octanol–water partition coefficient (Wildman–Crippen LogP) is 2.83. The zero-order chi connectivity index (χ0) is 16.3. The molecule has 0 bridgehead atoms. The van der Waals surface area contributed by atoms with Crippen molar-refractivity contribution in [1.82, 2.24) is 15.2 Å². The fraction of sp³-hybridized carbons (Fsp3) is 0.765. The lowest BCUT2D eigenvalue weighted by atomic mass is 9.90. The lowest BCUT2D eigenvalue weighted by Crippen LogP contribution is -2.46. The number of hydrogen-bond donors (Lipinski definition) is 2. The third-order valence-electron chi connectivity index (χ3n) is 5.13. The zero-order valence-electron chi connectivity index (χ0n) is 13.9. The van der Waals surface area contributed by atoms with Crippen LogP contribution in [0.3, 0.4) is 0 Å². The second-order valence-corrected chi connectivity index (χ2v) is 8.17. The van der Waals surface area contributed by atoms with Gasteiger partial charge >= 0.3 is 5.97 Å². The van der Waals surface area contributed by atoms with Gasteiger partial charge in [-0.05, 0) is 26.2 Å².